The van der Waals surface area contributed by atoms with Crippen LogP contribution in [0.25, 0.3) is 11.1 Å². The maximum Gasteiger partial charge on any atom is 0.205 e. The van der Waals surface area contributed by atoms with E-state index in [-0.39, 0.29) is 24.7 Å². The van der Waals surface area contributed by atoms with Crippen LogP contribution in [0.1, 0.15) is 11.1 Å². The Balaban J connectivity index is 3.22. The molecule has 0 aromatic heterocycles. The highest BCUT2D eigenvalue weighted by Crippen LogP contribution is 2.58. The first-order chi connectivity index (χ1) is 14.4. The molecule has 0 bridgehead atoms. The smallest absolute Gasteiger partial charge is 0.205 e. The van der Waals surface area contributed by atoms with Crippen LogP contribution in [0.2, 0.25) is 0 Å². The minimum Gasteiger partial charge on any atom is -0.492 e. The van der Waals surface area contributed by atoms with Gasteiger partial charge in [-0.15, -0.1) is 0 Å². The summed E-state index contributed by atoms with van der Waals surface area (Å²) in [4.78, 5) is 0. The molecule has 0 unspecified atom stereocenters. The molecule has 0 spiro atoms. The molecule has 0 saturated heterocycles. The summed E-state index contributed by atoms with van der Waals surface area (Å²) in [5.41, 5.74) is 1.76. The first-order valence-corrected chi connectivity index (χ1v) is 10.2. The Hall–Kier alpha value is -1.88. The van der Waals surface area contributed by atoms with Crippen LogP contribution < -0.4 is 28.4 Å². The largest absolute Gasteiger partial charge is 0.492 e. The van der Waals surface area contributed by atoms with E-state index in [0.29, 0.717) is 54.2 Å². The summed E-state index contributed by atoms with van der Waals surface area (Å²) in [5, 5.41) is 20.5. The van der Waals surface area contributed by atoms with Gasteiger partial charge >= 0.3 is 0 Å². The summed E-state index contributed by atoms with van der Waals surface area (Å²) in [6.45, 7) is -0.737. The highest BCUT2D eigenvalue weighted by Gasteiger charge is 2.33. The molecule has 166 valence electrons. The van der Waals surface area contributed by atoms with E-state index in [9.17, 15) is 10.2 Å². The Kier molecular flexibility index (Phi) is 8.48. The van der Waals surface area contributed by atoms with Crippen molar-refractivity contribution in [2.45, 2.75) is 13.2 Å². The Morgan fingerprint density at radius 1 is 0.500 bits per heavy atom. The molecule has 30 heavy (non-hydrogen) atoms. The lowest BCUT2D eigenvalue weighted by atomic mass is 9.92. The van der Waals surface area contributed by atoms with Crippen molar-refractivity contribution in [3.8, 4) is 45.6 Å². The monoisotopic (exact) mass is 550 g/mol. The molecule has 2 N–H and O–H groups in total. The van der Waals surface area contributed by atoms with E-state index in [2.05, 4.69) is 31.9 Å². The summed E-state index contributed by atoms with van der Waals surface area (Å²) < 4.78 is 34.3. The quantitative estimate of drug-likeness (QED) is 0.484. The molecular weight excluding hydrogens is 528 g/mol. The van der Waals surface area contributed by atoms with Gasteiger partial charge in [0.15, 0.2) is 23.0 Å². The zero-order valence-electron chi connectivity index (χ0n) is 17.5. The van der Waals surface area contributed by atoms with E-state index in [1.165, 1.54) is 42.7 Å². The number of ether oxygens (including phenoxy) is 6. The van der Waals surface area contributed by atoms with E-state index < -0.39 is 0 Å². The van der Waals surface area contributed by atoms with Gasteiger partial charge in [-0.2, -0.15) is 0 Å². The van der Waals surface area contributed by atoms with E-state index in [0.717, 1.165) is 0 Å². The number of halogens is 2. The maximum atomic E-state index is 10.2. The first kappa shape index (κ1) is 24.4. The van der Waals surface area contributed by atoms with Crippen LogP contribution in [0, 0.1) is 0 Å². The van der Waals surface area contributed by atoms with Crippen molar-refractivity contribution in [1.29, 1.82) is 0 Å². The second kappa shape index (κ2) is 10.4. The van der Waals surface area contributed by atoms with Gasteiger partial charge in [0.05, 0.1) is 64.8 Å². The lowest BCUT2D eigenvalue weighted by Gasteiger charge is -2.26. The van der Waals surface area contributed by atoms with Crippen LogP contribution in [-0.4, -0.2) is 52.9 Å². The van der Waals surface area contributed by atoms with Gasteiger partial charge in [0.1, 0.15) is 0 Å². The molecule has 0 radical (unpaired) electrons. The molecular formula is C20H24Br2O8. The van der Waals surface area contributed by atoms with Crippen molar-refractivity contribution in [3.63, 3.8) is 0 Å². The number of methoxy groups -OCH3 is 6. The van der Waals surface area contributed by atoms with E-state index in [1.807, 2.05) is 0 Å². The molecule has 0 aliphatic carbocycles. The molecule has 8 nitrogen and oxygen atoms in total. The average molecular weight is 552 g/mol. The van der Waals surface area contributed by atoms with Gasteiger partial charge in [-0.25, -0.2) is 0 Å². The normalized spacial score (nSPS) is 10.6. The molecule has 0 aliphatic rings. The standard InChI is InChI=1S/C20H24Br2O8/c1-25-15-11(9(7-23)13(21)17(27-3)19(15)29-5)12-10(8-24)14(22)18(28-4)20(30-6)16(12)26-2/h23-24H,7-8H2,1-6H3. The summed E-state index contributed by atoms with van der Waals surface area (Å²) in [6.07, 6.45) is 0. The topological polar surface area (TPSA) is 95.8 Å². The van der Waals surface area contributed by atoms with Crippen LogP contribution in [0.4, 0.5) is 0 Å². The lowest BCUT2D eigenvalue weighted by molar-refractivity contribution is 0.273. The predicted octanol–water partition coefficient (Wildman–Crippen LogP) is 3.91. The fraction of sp³-hybridized carbons (Fsp3) is 0.400. The van der Waals surface area contributed by atoms with Gasteiger partial charge in [0.2, 0.25) is 11.5 Å². The van der Waals surface area contributed by atoms with Crippen LogP contribution >= 0.6 is 31.9 Å². The summed E-state index contributed by atoms with van der Waals surface area (Å²) >= 11 is 6.98. The van der Waals surface area contributed by atoms with Gasteiger partial charge < -0.3 is 38.6 Å². The summed E-state index contributed by atoms with van der Waals surface area (Å²) in [7, 11) is 8.85. The van der Waals surface area contributed by atoms with Crippen molar-refractivity contribution >= 4 is 31.9 Å². The fourth-order valence-corrected chi connectivity index (χ4v) is 4.68. The molecule has 0 saturated carbocycles. The van der Waals surface area contributed by atoms with E-state index in [4.69, 9.17) is 28.4 Å². The van der Waals surface area contributed by atoms with Gasteiger partial charge in [-0.3, -0.25) is 0 Å². The first-order valence-electron chi connectivity index (χ1n) is 8.64. The molecule has 2 rings (SSSR count). The number of aliphatic hydroxyl groups excluding tert-OH is 2. The maximum absolute atomic E-state index is 10.2. The Morgan fingerprint density at radius 3 is 0.967 bits per heavy atom. The van der Waals surface area contributed by atoms with Crippen molar-refractivity contribution < 1.29 is 38.6 Å². The molecule has 0 atom stereocenters. The third kappa shape index (κ3) is 3.77. The molecule has 2 aromatic rings. The zero-order valence-corrected chi connectivity index (χ0v) is 20.7. The number of aliphatic hydroxyl groups is 2. The second-order valence-corrected chi connectivity index (χ2v) is 7.44. The minimum absolute atomic E-state index is 0.286. The number of hydrogen-bond acceptors (Lipinski definition) is 8. The predicted molar refractivity (Wildman–Crippen MR) is 118 cm³/mol. The highest BCUT2D eigenvalue weighted by molar-refractivity contribution is 9.11. The van der Waals surface area contributed by atoms with Crippen molar-refractivity contribution in [3.05, 3.63) is 20.1 Å². The molecule has 0 aliphatic heterocycles. The molecule has 0 amide bonds. The van der Waals surface area contributed by atoms with Gasteiger partial charge in [-0.1, -0.05) is 0 Å². The average Bonchev–Trinajstić information content (AvgIpc) is 2.76. The van der Waals surface area contributed by atoms with Crippen LogP contribution in [0.15, 0.2) is 8.95 Å². The summed E-state index contributed by atoms with van der Waals surface area (Å²) in [5.74, 6) is 1.88. The van der Waals surface area contributed by atoms with Gasteiger partial charge in [-0.05, 0) is 31.9 Å². The number of benzene rings is 2. The van der Waals surface area contributed by atoms with Gasteiger partial charge in [0.25, 0.3) is 0 Å². The molecule has 0 heterocycles. The van der Waals surface area contributed by atoms with Crippen molar-refractivity contribution in [2.75, 3.05) is 42.7 Å². The fourth-order valence-electron chi connectivity index (χ4n) is 3.35. The van der Waals surface area contributed by atoms with Crippen LogP contribution in [0.3, 0.4) is 0 Å². The Morgan fingerprint density at radius 2 is 0.767 bits per heavy atom. The lowest BCUT2D eigenvalue weighted by Crippen LogP contribution is -2.07. The SMILES string of the molecule is COc1c(Br)c(CO)c(-c2c(CO)c(Br)c(OC)c(OC)c2OC)c(OC)c1OC. The third-order valence-corrected chi connectivity index (χ3v) is 6.28. The zero-order chi connectivity index (χ0) is 22.6. The van der Waals surface area contributed by atoms with E-state index >= 15 is 0 Å². The molecule has 0 fully saturated rings. The highest BCUT2D eigenvalue weighted by atomic mass is 79.9. The van der Waals surface area contributed by atoms with Gasteiger partial charge in [0, 0.05) is 22.3 Å². The Labute approximate surface area is 191 Å². The van der Waals surface area contributed by atoms with Crippen LogP contribution in [0.5, 0.6) is 34.5 Å². The third-order valence-electron chi connectivity index (χ3n) is 4.60. The van der Waals surface area contributed by atoms with Crippen LogP contribution in [-0.2, 0) is 13.2 Å². The number of rotatable bonds is 9. The van der Waals surface area contributed by atoms with Crippen molar-refractivity contribution in [2.24, 2.45) is 0 Å². The Bertz CT molecular complexity index is 855. The molecule has 2 aromatic carbocycles. The minimum atomic E-state index is -0.368. The molecule has 10 heteroatoms. The number of hydrogen-bond donors (Lipinski definition) is 2. The second-order valence-electron chi connectivity index (χ2n) is 5.85. The summed E-state index contributed by atoms with van der Waals surface area (Å²) in [6, 6.07) is 0. The van der Waals surface area contributed by atoms with Crippen molar-refractivity contribution in [1.82, 2.24) is 0 Å². The van der Waals surface area contributed by atoms with E-state index in [1.54, 1.807) is 0 Å².